The lowest BCUT2D eigenvalue weighted by atomic mass is 10.7. The average molecular weight is 129 g/mol. The third kappa shape index (κ3) is 4.87. The first kappa shape index (κ1) is 8.01. The third-order valence-electron chi connectivity index (χ3n) is 0.588. The lowest BCUT2D eigenvalue weighted by Gasteiger charge is -2.01. The van der Waals surface area contributed by atoms with Crippen LogP contribution in [0, 0.1) is 0 Å². The first-order valence-corrected chi connectivity index (χ1v) is 2.78. The van der Waals surface area contributed by atoms with Gasteiger partial charge in [0.05, 0.1) is 5.76 Å². The molecule has 0 bridgehead atoms. The first-order valence-electron chi connectivity index (χ1n) is 2.78. The molecule has 0 heterocycles. The molecule has 9 heavy (non-hydrogen) atoms. The normalized spacial score (nSPS) is 8.22. The quantitative estimate of drug-likeness (QED) is 0.570. The minimum atomic E-state index is -0.440. The van der Waals surface area contributed by atoms with Crippen LogP contribution in [0.25, 0.3) is 0 Å². The molecule has 3 nitrogen and oxygen atoms in total. The molecule has 0 rings (SSSR count). The van der Waals surface area contributed by atoms with E-state index in [1.165, 1.54) is 0 Å². The summed E-state index contributed by atoms with van der Waals surface area (Å²) in [5.74, 6) is 0.404. The Kier molecular flexibility index (Phi) is 3.51. The lowest BCUT2D eigenvalue weighted by molar-refractivity contribution is 0.177. The molecule has 0 aromatic carbocycles. The smallest absolute Gasteiger partial charge is 0.412 e. The predicted molar refractivity (Wildman–Crippen MR) is 35.0 cm³/mol. The van der Waals surface area contributed by atoms with Crippen LogP contribution in [0.1, 0.15) is 13.8 Å². The van der Waals surface area contributed by atoms with Crippen LogP contribution in [0.2, 0.25) is 0 Å². The van der Waals surface area contributed by atoms with Crippen LogP contribution >= 0.6 is 0 Å². The Labute approximate surface area is 54.7 Å². The van der Waals surface area contributed by atoms with Crippen molar-refractivity contribution in [2.45, 2.75) is 13.8 Å². The molecule has 0 unspecified atom stereocenters. The van der Waals surface area contributed by atoms with Crippen LogP contribution in [0.5, 0.6) is 0 Å². The van der Waals surface area contributed by atoms with E-state index >= 15 is 0 Å². The number of rotatable bonds is 2. The molecule has 0 fully saturated rings. The molecule has 0 aliphatic heterocycles. The van der Waals surface area contributed by atoms with Crippen LogP contribution in [0.4, 0.5) is 4.79 Å². The summed E-state index contributed by atoms with van der Waals surface area (Å²) in [6.07, 6.45) is -0.440. The summed E-state index contributed by atoms with van der Waals surface area (Å²) >= 11 is 0. The molecule has 0 aromatic rings. The highest BCUT2D eigenvalue weighted by Crippen LogP contribution is 1.88. The van der Waals surface area contributed by atoms with Crippen LogP contribution in [-0.4, -0.2) is 12.6 Å². The fourth-order valence-electron chi connectivity index (χ4n) is 0.339. The van der Waals surface area contributed by atoms with Gasteiger partial charge in [-0.15, -0.1) is 0 Å². The second-order valence-electron chi connectivity index (χ2n) is 1.62. The minimum Gasteiger partial charge on any atom is -0.416 e. The fraction of sp³-hybridized carbons (Fsp3) is 0.500. The van der Waals surface area contributed by atoms with Crippen molar-refractivity contribution in [3.63, 3.8) is 0 Å². The molecule has 1 N–H and O–H groups in total. The van der Waals surface area contributed by atoms with Gasteiger partial charge in [-0.05, 0) is 13.8 Å². The number of carbonyl (C=O) groups excluding carboxylic acids is 1. The number of carbonyl (C=O) groups is 1. The second-order valence-corrected chi connectivity index (χ2v) is 1.62. The van der Waals surface area contributed by atoms with E-state index in [0.29, 0.717) is 12.3 Å². The van der Waals surface area contributed by atoms with Crippen molar-refractivity contribution in [3.8, 4) is 0 Å². The lowest BCUT2D eigenvalue weighted by Crippen LogP contribution is -2.22. The van der Waals surface area contributed by atoms with E-state index in [4.69, 9.17) is 0 Å². The zero-order chi connectivity index (χ0) is 7.28. The van der Waals surface area contributed by atoms with E-state index in [1.807, 2.05) is 6.92 Å². The Hall–Kier alpha value is -0.990. The van der Waals surface area contributed by atoms with Gasteiger partial charge >= 0.3 is 6.09 Å². The zero-order valence-electron chi connectivity index (χ0n) is 5.73. The zero-order valence-corrected chi connectivity index (χ0v) is 5.73. The molecule has 0 atom stereocenters. The Morgan fingerprint density at radius 2 is 2.33 bits per heavy atom. The van der Waals surface area contributed by atoms with Gasteiger partial charge in [0.25, 0.3) is 0 Å². The summed E-state index contributed by atoms with van der Waals surface area (Å²) in [5, 5.41) is 2.45. The highest BCUT2D eigenvalue weighted by atomic mass is 16.6. The van der Waals surface area contributed by atoms with Crippen LogP contribution in [0.3, 0.4) is 0 Å². The van der Waals surface area contributed by atoms with E-state index < -0.39 is 6.09 Å². The number of alkyl carbamates (subject to hydrolysis) is 1. The van der Waals surface area contributed by atoms with Gasteiger partial charge in [0, 0.05) is 6.54 Å². The minimum absolute atomic E-state index is 0.404. The number of hydrogen-bond donors (Lipinski definition) is 1. The number of hydrogen-bond acceptors (Lipinski definition) is 2. The van der Waals surface area contributed by atoms with Gasteiger partial charge in [0.1, 0.15) is 0 Å². The van der Waals surface area contributed by atoms with Gasteiger partial charge in [-0.3, -0.25) is 0 Å². The van der Waals surface area contributed by atoms with E-state index in [0.717, 1.165) is 0 Å². The topological polar surface area (TPSA) is 38.3 Å². The molecule has 0 saturated heterocycles. The molecule has 0 aliphatic carbocycles. The fourth-order valence-corrected chi connectivity index (χ4v) is 0.339. The van der Waals surface area contributed by atoms with Crippen molar-refractivity contribution in [2.24, 2.45) is 0 Å². The van der Waals surface area contributed by atoms with E-state index in [1.54, 1.807) is 6.92 Å². The monoisotopic (exact) mass is 129 g/mol. The standard InChI is InChI=1S/C6H11NO2/c1-4-7-6(8)9-5(2)3/h2,4H2,1,3H3,(H,7,8). The van der Waals surface area contributed by atoms with Crippen molar-refractivity contribution in [2.75, 3.05) is 6.54 Å². The summed E-state index contributed by atoms with van der Waals surface area (Å²) in [6, 6.07) is 0. The van der Waals surface area contributed by atoms with Gasteiger partial charge < -0.3 is 10.1 Å². The van der Waals surface area contributed by atoms with Gasteiger partial charge in [-0.2, -0.15) is 0 Å². The Bertz CT molecular complexity index is 120. The molecular weight excluding hydrogens is 118 g/mol. The number of amides is 1. The molecule has 0 radical (unpaired) electrons. The average Bonchev–Trinajstić information content (AvgIpc) is 1.63. The molecule has 0 spiro atoms. The highest BCUT2D eigenvalue weighted by Gasteiger charge is 1.96. The Balaban J connectivity index is 3.39. The van der Waals surface area contributed by atoms with Crippen molar-refractivity contribution in [3.05, 3.63) is 12.3 Å². The van der Waals surface area contributed by atoms with E-state index in [2.05, 4.69) is 16.6 Å². The van der Waals surface area contributed by atoms with Crippen molar-refractivity contribution in [1.29, 1.82) is 0 Å². The molecule has 52 valence electrons. The maximum Gasteiger partial charge on any atom is 0.412 e. The van der Waals surface area contributed by atoms with Crippen LogP contribution in [0.15, 0.2) is 12.3 Å². The summed E-state index contributed by atoms with van der Waals surface area (Å²) in [5.41, 5.74) is 0. The highest BCUT2D eigenvalue weighted by molar-refractivity contribution is 5.68. The Morgan fingerprint density at radius 3 is 2.67 bits per heavy atom. The van der Waals surface area contributed by atoms with Gasteiger partial charge in [0.15, 0.2) is 0 Å². The summed E-state index contributed by atoms with van der Waals surface area (Å²) in [6.45, 7) is 7.41. The van der Waals surface area contributed by atoms with Crippen molar-refractivity contribution < 1.29 is 9.53 Å². The van der Waals surface area contributed by atoms with Crippen LogP contribution in [-0.2, 0) is 4.74 Å². The summed E-state index contributed by atoms with van der Waals surface area (Å²) < 4.78 is 4.55. The van der Waals surface area contributed by atoms with Gasteiger partial charge in [0.2, 0.25) is 0 Å². The summed E-state index contributed by atoms with van der Waals surface area (Å²) in [7, 11) is 0. The third-order valence-corrected chi connectivity index (χ3v) is 0.588. The van der Waals surface area contributed by atoms with Crippen molar-refractivity contribution in [1.82, 2.24) is 5.32 Å². The SMILES string of the molecule is C=C(C)OC(=O)NCC. The molecular formula is C6H11NO2. The molecule has 0 saturated carbocycles. The first-order chi connectivity index (χ1) is 4.16. The second kappa shape index (κ2) is 3.95. The number of allylic oxidation sites excluding steroid dienone is 1. The molecule has 1 amide bonds. The van der Waals surface area contributed by atoms with Crippen LogP contribution < -0.4 is 5.32 Å². The molecule has 0 aromatic heterocycles. The summed E-state index contributed by atoms with van der Waals surface area (Å²) in [4.78, 5) is 10.5. The number of nitrogens with one attached hydrogen (secondary N) is 1. The Morgan fingerprint density at radius 1 is 1.78 bits per heavy atom. The molecule has 0 aliphatic rings. The maximum absolute atomic E-state index is 10.5. The largest absolute Gasteiger partial charge is 0.416 e. The predicted octanol–water partition coefficient (Wildman–Crippen LogP) is 1.27. The molecule has 3 heteroatoms. The van der Waals surface area contributed by atoms with E-state index in [9.17, 15) is 4.79 Å². The maximum atomic E-state index is 10.5. The van der Waals surface area contributed by atoms with E-state index in [-0.39, 0.29) is 0 Å². The number of ether oxygens (including phenoxy) is 1. The van der Waals surface area contributed by atoms with Gasteiger partial charge in [-0.1, -0.05) is 6.58 Å². The van der Waals surface area contributed by atoms with Crippen molar-refractivity contribution >= 4 is 6.09 Å². The van der Waals surface area contributed by atoms with Gasteiger partial charge in [-0.25, -0.2) is 4.79 Å².